The van der Waals surface area contributed by atoms with Gasteiger partial charge in [0.15, 0.2) is 0 Å². The van der Waals surface area contributed by atoms with Crippen LogP contribution in [0, 0.1) is 0 Å². The Morgan fingerprint density at radius 2 is 1.62 bits per heavy atom. The van der Waals surface area contributed by atoms with Crippen molar-refractivity contribution in [2.24, 2.45) is 0 Å². The van der Waals surface area contributed by atoms with Gasteiger partial charge in [-0.1, -0.05) is 54.6 Å². The van der Waals surface area contributed by atoms with E-state index in [4.69, 9.17) is 9.47 Å². The summed E-state index contributed by atoms with van der Waals surface area (Å²) in [7, 11) is 1.59. The number of ether oxygens (including phenoxy) is 2. The van der Waals surface area contributed by atoms with Crippen LogP contribution in [0.15, 0.2) is 78.9 Å². The average Bonchev–Trinajstić information content (AvgIpc) is 2.96. The Morgan fingerprint density at radius 1 is 0.919 bits per heavy atom. The summed E-state index contributed by atoms with van der Waals surface area (Å²) in [5.41, 5.74) is 2.23. The highest BCUT2D eigenvalue weighted by Gasteiger charge is 2.28. The molecule has 6 heteroatoms. The third-order valence-electron chi connectivity index (χ3n) is 6.90. The summed E-state index contributed by atoms with van der Waals surface area (Å²) in [5.74, 6) is 1.02. The maximum atomic E-state index is 14.0. The van der Waals surface area contributed by atoms with Crippen molar-refractivity contribution in [3.8, 4) is 11.5 Å². The van der Waals surface area contributed by atoms with Gasteiger partial charge in [-0.05, 0) is 62.4 Å². The van der Waals surface area contributed by atoms with Gasteiger partial charge in [0.2, 0.25) is 0 Å². The Bertz CT molecular complexity index is 1180. The fourth-order valence-electron chi connectivity index (χ4n) is 4.86. The first-order valence-corrected chi connectivity index (χ1v) is 13.1. The van der Waals surface area contributed by atoms with E-state index in [1.54, 1.807) is 7.11 Å². The number of fused-ring (bicyclic) bond motifs is 1. The Morgan fingerprint density at radius 3 is 2.41 bits per heavy atom. The topological polar surface area (TPSA) is 59.1 Å². The van der Waals surface area contributed by atoms with Gasteiger partial charge >= 0.3 is 0 Å². The highest BCUT2D eigenvalue weighted by atomic mass is 16.5. The molecule has 3 aromatic rings. The van der Waals surface area contributed by atoms with E-state index in [9.17, 15) is 9.59 Å². The first-order chi connectivity index (χ1) is 18.1. The number of nitrogens with zero attached hydrogens (tertiary/aromatic N) is 2. The summed E-state index contributed by atoms with van der Waals surface area (Å²) >= 11 is 0. The van der Waals surface area contributed by atoms with Crippen molar-refractivity contribution in [3.63, 3.8) is 0 Å². The van der Waals surface area contributed by atoms with Gasteiger partial charge in [0.1, 0.15) is 18.1 Å². The molecule has 0 fully saturated rings. The van der Waals surface area contributed by atoms with Gasteiger partial charge < -0.3 is 19.3 Å². The van der Waals surface area contributed by atoms with E-state index in [0.29, 0.717) is 48.7 Å². The van der Waals surface area contributed by atoms with Gasteiger partial charge in [-0.15, -0.1) is 0 Å². The first-order valence-electron chi connectivity index (χ1n) is 13.1. The van der Waals surface area contributed by atoms with Crippen LogP contribution in [-0.4, -0.2) is 61.0 Å². The lowest BCUT2D eigenvalue weighted by molar-refractivity contribution is 0.0602. The fraction of sp³-hybridized carbons (Fsp3) is 0.355. The number of rotatable bonds is 5. The largest absolute Gasteiger partial charge is 0.496 e. The highest BCUT2D eigenvalue weighted by Crippen LogP contribution is 2.25. The minimum Gasteiger partial charge on any atom is -0.496 e. The van der Waals surface area contributed by atoms with Crippen LogP contribution in [0.1, 0.15) is 52.5 Å². The molecule has 0 spiro atoms. The fourth-order valence-corrected chi connectivity index (χ4v) is 4.86. The molecule has 2 amide bonds. The van der Waals surface area contributed by atoms with Gasteiger partial charge in [-0.25, -0.2) is 0 Å². The van der Waals surface area contributed by atoms with Crippen LogP contribution in [0.4, 0.5) is 0 Å². The lowest BCUT2D eigenvalue weighted by Gasteiger charge is -2.33. The molecule has 37 heavy (non-hydrogen) atoms. The Balaban J connectivity index is 1.71. The van der Waals surface area contributed by atoms with Gasteiger partial charge in [-0.2, -0.15) is 0 Å². The summed E-state index contributed by atoms with van der Waals surface area (Å²) in [6, 6.07) is 24.7. The second-order valence-corrected chi connectivity index (χ2v) is 9.30. The number of benzene rings is 3. The molecule has 0 aliphatic carbocycles. The smallest absolute Gasteiger partial charge is 0.257 e. The van der Waals surface area contributed by atoms with Crippen LogP contribution in [0.2, 0.25) is 0 Å². The summed E-state index contributed by atoms with van der Waals surface area (Å²) in [4.78, 5) is 31.1. The zero-order chi connectivity index (χ0) is 26.0. The van der Waals surface area contributed by atoms with Crippen LogP contribution in [0.25, 0.3) is 0 Å². The van der Waals surface area contributed by atoms with E-state index in [-0.39, 0.29) is 24.5 Å². The molecule has 4 rings (SSSR count). The summed E-state index contributed by atoms with van der Waals surface area (Å²) in [6.45, 7) is 4.19. The van der Waals surface area contributed by atoms with Crippen molar-refractivity contribution in [1.82, 2.24) is 9.80 Å². The molecule has 1 atom stereocenters. The van der Waals surface area contributed by atoms with E-state index in [2.05, 4.69) is 12.1 Å². The molecule has 0 saturated heterocycles. The molecule has 0 aromatic heterocycles. The van der Waals surface area contributed by atoms with Crippen molar-refractivity contribution in [2.45, 2.75) is 38.6 Å². The van der Waals surface area contributed by atoms with Crippen LogP contribution < -0.4 is 9.47 Å². The standard InChI is InChI=1S/C31H36N2O4/c1-3-32-20-12-5-13-21-33(31(35)26-16-8-10-18-28(26)36-2)25(22-24-14-6-4-7-15-24)23-37-29-19-11-9-17-27(29)30(32)34/h4,6-11,14-19,25H,3,5,12-13,20-23H2,1-2H3/t25-/m1/s1. The monoisotopic (exact) mass is 500 g/mol. The van der Waals surface area contributed by atoms with Crippen LogP contribution in [-0.2, 0) is 6.42 Å². The third kappa shape index (κ3) is 6.50. The van der Waals surface area contributed by atoms with Gasteiger partial charge in [0, 0.05) is 19.6 Å². The molecule has 3 aromatic carbocycles. The van der Waals surface area contributed by atoms with Crippen molar-refractivity contribution in [2.75, 3.05) is 33.4 Å². The van der Waals surface area contributed by atoms with E-state index in [1.165, 1.54) is 0 Å². The molecule has 0 N–H and O–H groups in total. The van der Waals surface area contributed by atoms with Crippen LogP contribution >= 0.6 is 0 Å². The molecule has 1 aliphatic heterocycles. The van der Waals surface area contributed by atoms with Crippen molar-refractivity contribution in [3.05, 3.63) is 95.6 Å². The zero-order valence-electron chi connectivity index (χ0n) is 21.8. The minimum absolute atomic E-state index is 0.0149. The van der Waals surface area contributed by atoms with Crippen LogP contribution in [0.5, 0.6) is 11.5 Å². The summed E-state index contributed by atoms with van der Waals surface area (Å²) in [5, 5.41) is 0. The predicted octanol–water partition coefficient (Wildman–Crippen LogP) is 5.47. The van der Waals surface area contributed by atoms with E-state index >= 15 is 0 Å². The number of hydrogen-bond acceptors (Lipinski definition) is 4. The molecule has 0 saturated carbocycles. The lowest BCUT2D eigenvalue weighted by Crippen LogP contribution is -2.45. The van der Waals surface area contributed by atoms with E-state index < -0.39 is 0 Å². The second kappa shape index (κ2) is 12.9. The Labute approximate surface area is 219 Å². The number of carbonyl (C=O) groups is 2. The van der Waals surface area contributed by atoms with Crippen LogP contribution in [0.3, 0.4) is 0 Å². The molecule has 1 aliphatic rings. The zero-order valence-corrected chi connectivity index (χ0v) is 21.8. The number of methoxy groups -OCH3 is 1. The molecule has 6 nitrogen and oxygen atoms in total. The summed E-state index contributed by atoms with van der Waals surface area (Å²) < 4.78 is 11.9. The molecule has 0 bridgehead atoms. The van der Waals surface area contributed by atoms with Gasteiger partial charge in [0.05, 0.1) is 24.3 Å². The number of amides is 2. The van der Waals surface area contributed by atoms with Gasteiger partial charge in [-0.3, -0.25) is 9.59 Å². The number of para-hydroxylation sites is 2. The van der Waals surface area contributed by atoms with E-state index in [0.717, 1.165) is 24.8 Å². The first kappa shape index (κ1) is 26.3. The van der Waals surface area contributed by atoms with Crippen molar-refractivity contribution >= 4 is 11.8 Å². The molecule has 0 unspecified atom stereocenters. The number of hydrogen-bond donors (Lipinski definition) is 0. The predicted molar refractivity (Wildman–Crippen MR) is 145 cm³/mol. The van der Waals surface area contributed by atoms with Crippen molar-refractivity contribution in [1.29, 1.82) is 0 Å². The summed E-state index contributed by atoms with van der Waals surface area (Å²) in [6.07, 6.45) is 3.27. The second-order valence-electron chi connectivity index (χ2n) is 9.30. The molecule has 1 heterocycles. The molecular formula is C31H36N2O4. The SMILES string of the molecule is CCN1CCCCCN(C(=O)c2ccccc2OC)[C@H](Cc2ccccc2)COc2ccccc2C1=O. The highest BCUT2D eigenvalue weighted by molar-refractivity contribution is 5.97. The molecule has 194 valence electrons. The Hall–Kier alpha value is -3.80. The lowest BCUT2D eigenvalue weighted by atomic mass is 10.0. The maximum absolute atomic E-state index is 14.0. The third-order valence-corrected chi connectivity index (χ3v) is 6.90. The Kier molecular flexibility index (Phi) is 9.19. The van der Waals surface area contributed by atoms with Crippen molar-refractivity contribution < 1.29 is 19.1 Å². The average molecular weight is 501 g/mol. The van der Waals surface area contributed by atoms with E-state index in [1.807, 2.05) is 83.5 Å². The van der Waals surface area contributed by atoms with Gasteiger partial charge in [0.25, 0.3) is 11.8 Å². The number of carbonyl (C=O) groups excluding carboxylic acids is 2. The maximum Gasteiger partial charge on any atom is 0.257 e. The minimum atomic E-state index is -0.231. The normalized spacial score (nSPS) is 17.0. The quantitative estimate of drug-likeness (QED) is 0.466. The molecular weight excluding hydrogens is 464 g/mol. The molecule has 0 radical (unpaired) electrons.